The van der Waals surface area contributed by atoms with Crippen molar-refractivity contribution in [3.05, 3.63) is 189 Å². The van der Waals surface area contributed by atoms with Crippen LogP contribution in [-0.4, -0.2) is 50.9 Å². The summed E-state index contributed by atoms with van der Waals surface area (Å²) >= 11 is 0. The van der Waals surface area contributed by atoms with Crippen molar-refractivity contribution in [2.45, 2.75) is 32.7 Å². The summed E-state index contributed by atoms with van der Waals surface area (Å²) in [5, 5.41) is 22.7. The predicted molar refractivity (Wildman–Crippen MR) is 210 cm³/mol. The molecule has 0 fully saturated rings. The molecule has 2 heterocycles. The second-order valence-corrected chi connectivity index (χ2v) is 13.5. The Hall–Kier alpha value is -4.76. The minimum atomic E-state index is -1.75. The molecule has 10 heteroatoms. The van der Waals surface area contributed by atoms with Gasteiger partial charge in [-0.2, -0.15) is 0 Å². The monoisotopic (exact) mass is 787 g/mol. The van der Waals surface area contributed by atoms with E-state index in [4.69, 9.17) is 20.3 Å². The summed E-state index contributed by atoms with van der Waals surface area (Å²) in [6, 6.07) is 53.1. The van der Waals surface area contributed by atoms with Gasteiger partial charge in [0.1, 0.15) is 0 Å². The largest absolute Gasteiger partial charge is 2.00 e. The number of nitrogens with zero attached hydrogens (tertiary/aromatic N) is 5. The number of hydrogen-bond acceptors (Lipinski definition) is 7. The molecule has 0 N–H and O–H groups in total. The molecule has 270 valence electrons. The zero-order valence-electron chi connectivity index (χ0n) is 30.3. The Bertz CT molecular complexity index is 2180. The van der Waals surface area contributed by atoms with Crippen molar-refractivity contribution >= 4 is 32.3 Å². The van der Waals surface area contributed by atoms with Crippen LogP contribution in [0.3, 0.4) is 0 Å². The molecule has 7 aromatic rings. The van der Waals surface area contributed by atoms with Crippen LogP contribution in [-0.2, 0) is 52.2 Å². The van der Waals surface area contributed by atoms with Gasteiger partial charge in [-0.3, -0.25) is 19.7 Å². The average Bonchev–Trinajstić information content (AvgIpc) is 3.15. The van der Waals surface area contributed by atoms with Gasteiger partial charge >= 0.3 is 19.5 Å². The van der Waals surface area contributed by atoms with E-state index in [1.165, 1.54) is 49.0 Å². The van der Waals surface area contributed by atoms with E-state index in [1.807, 2.05) is 0 Å². The molecule has 0 spiro atoms. The standard InChI is InChI=1S/C44H42N4.ClH.NO3.Zn/c1-4-22-42-34(11-1)14-7-17-37(42)29-46-25-27-47(30-38-18-8-15-35-12-2-5-23-43(35)38)32-40-20-10-21-41(45-40)33-48(28-26-46)31-39-19-9-16-36-13-3-6-24-44(36)39;;2-1(3)4;/h1-24H,25-33H2;1H;;/q;;-1;+2/p-1. The molecule has 1 aromatic heterocycles. The topological polar surface area (TPSA) is 88.8 Å². The molecule has 54 heavy (non-hydrogen) atoms. The van der Waals surface area contributed by atoms with Gasteiger partial charge in [0.25, 0.3) is 0 Å². The summed E-state index contributed by atoms with van der Waals surface area (Å²) in [6.07, 6.45) is 0. The Morgan fingerprint density at radius 1 is 0.463 bits per heavy atom. The first kappa shape index (κ1) is 40.4. The van der Waals surface area contributed by atoms with Crippen LogP contribution in [0.1, 0.15) is 28.1 Å². The second kappa shape index (κ2) is 19.5. The molecular weight excluding hydrogens is 747 g/mol. The number of aromatic nitrogens is 1. The molecule has 2 bridgehead atoms. The van der Waals surface area contributed by atoms with Crippen LogP contribution < -0.4 is 12.4 Å². The maximum Gasteiger partial charge on any atom is 2.00 e. The first-order valence-corrected chi connectivity index (χ1v) is 17.8. The van der Waals surface area contributed by atoms with Crippen molar-refractivity contribution in [1.82, 2.24) is 19.7 Å². The smallest absolute Gasteiger partial charge is 1.00 e. The van der Waals surface area contributed by atoms with Gasteiger partial charge in [-0.1, -0.05) is 133 Å². The molecular formula is C44H42ClN5O3Zn. The quantitative estimate of drug-likeness (QED) is 0.119. The van der Waals surface area contributed by atoms with Crippen molar-refractivity contribution < 1.29 is 37.0 Å². The fraction of sp³-hybridized carbons (Fsp3) is 0.205. The minimum Gasteiger partial charge on any atom is -1.00 e. The van der Waals surface area contributed by atoms with Crippen LogP contribution in [0.25, 0.3) is 32.3 Å². The third-order valence-electron chi connectivity index (χ3n) is 9.92. The minimum absolute atomic E-state index is 0. The van der Waals surface area contributed by atoms with Gasteiger partial charge in [0.2, 0.25) is 0 Å². The SMILES string of the molecule is O=[N+]([O-])[O-].[Cl-].[Zn+2].c1cc2nc(c1)CN(Cc1cccc3ccccc13)CCN(Cc1cccc3ccccc13)CCN(Cc1cccc3ccccc13)C2. The van der Waals surface area contributed by atoms with Crippen molar-refractivity contribution in [2.75, 3.05) is 26.2 Å². The van der Waals surface area contributed by atoms with Gasteiger partial charge in [-0.15, -0.1) is 0 Å². The number of fused-ring (bicyclic) bond motifs is 5. The van der Waals surface area contributed by atoms with Crippen LogP contribution in [0, 0.1) is 15.3 Å². The van der Waals surface area contributed by atoms with E-state index < -0.39 is 5.09 Å². The summed E-state index contributed by atoms with van der Waals surface area (Å²) in [5.74, 6) is 0. The normalized spacial score (nSPS) is 14.1. The van der Waals surface area contributed by atoms with Crippen LogP contribution in [0.15, 0.2) is 146 Å². The van der Waals surface area contributed by atoms with Gasteiger partial charge in [0.05, 0.1) is 16.5 Å². The Morgan fingerprint density at radius 3 is 1.15 bits per heavy atom. The maximum absolute atomic E-state index is 8.25. The van der Waals surface area contributed by atoms with Crippen molar-refractivity contribution in [1.29, 1.82) is 0 Å². The molecule has 0 saturated heterocycles. The fourth-order valence-electron chi connectivity index (χ4n) is 7.44. The molecule has 0 radical (unpaired) electrons. The van der Waals surface area contributed by atoms with E-state index in [0.717, 1.165) is 70.3 Å². The molecule has 0 amide bonds. The van der Waals surface area contributed by atoms with E-state index in [-0.39, 0.29) is 31.9 Å². The van der Waals surface area contributed by atoms with E-state index in [9.17, 15) is 0 Å². The molecule has 0 unspecified atom stereocenters. The summed E-state index contributed by atoms with van der Waals surface area (Å²) in [7, 11) is 0. The summed E-state index contributed by atoms with van der Waals surface area (Å²) in [4.78, 5) is 21.4. The third kappa shape index (κ3) is 10.5. The van der Waals surface area contributed by atoms with Crippen LogP contribution in [0.4, 0.5) is 0 Å². The first-order chi connectivity index (χ1) is 25.5. The van der Waals surface area contributed by atoms with Gasteiger partial charge in [0, 0.05) is 58.9 Å². The molecule has 1 aliphatic rings. The Kier molecular flexibility index (Phi) is 14.6. The zero-order chi connectivity index (χ0) is 35.7. The molecule has 0 aliphatic carbocycles. The zero-order valence-corrected chi connectivity index (χ0v) is 34.0. The van der Waals surface area contributed by atoms with E-state index >= 15 is 0 Å². The number of benzene rings is 6. The molecule has 8 nitrogen and oxygen atoms in total. The van der Waals surface area contributed by atoms with Crippen LogP contribution >= 0.6 is 0 Å². The van der Waals surface area contributed by atoms with Crippen LogP contribution in [0.2, 0.25) is 0 Å². The Labute approximate surface area is 335 Å². The van der Waals surface area contributed by atoms with Gasteiger partial charge in [-0.05, 0) is 61.1 Å². The van der Waals surface area contributed by atoms with Crippen molar-refractivity contribution in [3.8, 4) is 0 Å². The summed E-state index contributed by atoms with van der Waals surface area (Å²) < 4.78 is 0. The summed E-state index contributed by atoms with van der Waals surface area (Å²) in [5.41, 5.74) is 6.42. The Morgan fingerprint density at radius 2 is 0.759 bits per heavy atom. The van der Waals surface area contributed by atoms with E-state index in [1.54, 1.807) is 0 Å². The summed E-state index contributed by atoms with van der Waals surface area (Å²) in [6.45, 7) is 8.24. The second-order valence-electron chi connectivity index (χ2n) is 13.5. The average molecular weight is 790 g/mol. The predicted octanol–water partition coefficient (Wildman–Crippen LogP) is 5.82. The first-order valence-electron chi connectivity index (χ1n) is 17.8. The van der Waals surface area contributed by atoms with E-state index in [0.29, 0.717) is 0 Å². The number of pyridine rings is 1. The van der Waals surface area contributed by atoms with Crippen molar-refractivity contribution in [3.63, 3.8) is 0 Å². The Balaban J connectivity index is 0.000000892. The van der Waals surface area contributed by atoms with E-state index in [2.05, 4.69) is 160 Å². The number of hydrogen-bond donors (Lipinski definition) is 0. The van der Waals surface area contributed by atoms with Gasteiger partial charge < -0.3 is 27.7 Å². The number of halogens is 1. The van der Waals surface area contributed by atoms with Gasteiger partial charge in [0.15, 0.2) is 0 Å². The van der Waals surface area contributed by atoms with Crippen molar-refractivity contribution in [2.24, 2.45) is 0 Å². The molecule has 0 atom stereocenters. The maximum atomic E-state index is 8.25. The molecule has 0 saturated carbocycles. The number of rotatable bonds is 6. The molecule has 8 rings (SSSR count). The van der Waals surface area contributed by atoms with Gasteiger partial charge in [-0.25, -0.2) is 0 Å². The molecule has 1 aliphatic heterocycles. The fourth-order valence-corrected chi connectivity index (χ4v) is 7.44. The molecule has 6 aromatic carbocycles. The van der Waals surface area contributed by atoms with Crippen LogP contribution in [0.5, 0.6) is 0 Å². The third-order valence-corrected chi connectivity index (χ3v) is 9.92.